The van der Waals surface area contributed by atoms with E-state index in [1.165, 1.54) is 0 Å². The molecule has 17 nitrogen and oxygen atoms in total. The highest BCUT2D eigenvalue weighted by molar-refractivity contribution is 5.69. The predicted molar refractivity (Wildman–Crippen MR) is 70.6 cm³/mol. The number of esters is 1. The van der Waals surface area contributed by atoms with Crippen molar-refractivity contribution in [2.45, 2.75) is 37.8 Å². The Labute approximate surface area is 130 Å². The molecule has 0 aromatic carbocycles. The molecule has 0 N–H and O–H groups in total. The number of hydrogen-bond donors (Lipinski definition) is 0. The zero-order valence-electron chi connectivity index (χ0n) is 11.9. The van der Waals surface area contributed by atoms with Crippen molar-refractivity contribution in [1.82, 2.24) is 0 Å². The van der Waals surface area contributed by atoms with Gasteiger partial charge in [0, 0.05) is 9.82 Å². The minimum absolute atomic E-state index is 1.05. The van der Waals surface area contributed by atoms with E-state index in [9.17, 15) is 35.1 Å². The fourth-order valence-corrected chi connectivity index (χ4v) is 1.39. The fourth-order valence-electron chi connectivity index (χ4n) is 1.39. The number of azide groups is 1. The summed E-state index contributed by atoms with van der Waals surface area (Å²) in [5.74, 6) is -5.08. The van der Waals surface area contributed by atoms with E-state index in [0.717, 1.165) is 6.92 Å². The van der Waals surface area contributed by atoms with Crippen LogP contribution in [0.4, 0.5) is 0 Å². The van der Waals surface area contributed by atoms with Gasteiger partial charge in [0.05, 0.1) is 6.42 Å². The molecule has 0 aromatic heterocycles. The lowest BCUT2D eigenvalue weighted by Crippen LogP contribution is -2.53. The van der Waals surface area contributed by atoms with Gasteiger partial charge in [-0.1, -0.05) is 10.2 Å². The zero-order chi connectivity index (χ0) is 18.9. The number of nitrogens with zero attached hydrogens (tertiary/aromatic N) is 9. The van der Waals surface area contributed by atoms with Gasteiger partial charge in [0.2, 0.25) is 0 Å². The molecule has 1 unspecified atom stereocenters. The minimum atomic E-state index is -3.79. The van der Waals surface area contributed by atoms with Crippen LogP contribution in [0.15, 0.2) is 10.2 Å². The summed E-state index contributed by atoms with van der Waals surface area (Å²) in [6, 6.07) is 0. The maximum absolute atomic E-state index is 11.5. The molecule has 0 aliphatic heterocycles. The van der Waals surface area contributed by atoms with E-state index in [-0.39, 0.29) is 0 Å². The van der Waals surface area contributed by atoms with Gasteiger partial charge in [0.1, 0.15) is 6.10 Å². The molecule has 0 heterocycles. The number of ether oxygens (including phenoxy) is 1. The maximum atomic E-state index is 11.5. The number of carbonyl (C=O) groups excluding carboxylic acids is 1. The highest BCUT2D eigenvalue weighted by Crippen LogP contribution is 2.20. The van der Waals surface area contributed by atoms with Crippen molar-refractivity contribution in [2.75, 3.05) is 0 Å². The SMILES string of the molecule is CC(OC(=O)CCC([N+](=O)[O-])([N+](=O)[O-])[N+](=O)[O-])C(N=[N+]=[N-])N=[N+]=[N-]. The third-order valence-corrected chi connectivity index (χ3v) is 2.62. The molecule has 130 valence electrons. The molecule has 0 aliphatic carbocycles. The standard InChI is InChI=1S/C7H9N9O8/c1-4(6(10-12-8)11-13-9)24-5(17)2-3-7(14(18)19,15(20)21)16(22)23/h4,6H,2-3H2,1H3. The third-order valence-electron chi connectivity index (χ3n) is 2.62. The van der Waals surface area contributed by atoms with Crippen LogP contribution in [0, 0.1) is 30.3 Å². The van der Waals surface area contributed by atoms with Crippen LogP contribution in [0.1, 0.15) is 19.8 Å². The highest BCUT2D eigenvalue weighted by Gasteiger charge is 2.69. The highest BCUT2D eigenvalue weighted by atomic mass is 16.7. The zero-order valence-corrected chi connectivity index (χ0v) is 11.9. The van der Waals surface area contributed by atoms with Gasteiger partial charge in [-0.05, 0) is 18.0 Å². The Balaban J connectivity index is 5.08. The van der Waals surface area contributed by atoms with Crippen molar-refractivity contribution < 1.29 is 24.3 Å². The first kappa shape index (κ1) is 20.3. The average molecular weight is 347 g/mol. The monoisotopic (exact) mass is 347 g/mol. The Bertz CT molecular complexity index is 582. The molecule has 0 saturated carbocycles. The smallest absolute Gasteiger partial charge is 0.462 e. The molecule has 0 rings (SSSR count). The second-order valence-electron chi connectivity index (χ2n) is 4.06. The van der Waals surface area contributed by atoms with E-state index >= 15 is 0 Å². The second kappa shape index (κ2) is 8.66. The number of carbonyl (C=O) groups is 1. The average Bonchev–Trinajstić information content (AvgIpc) is 2.46. The largest absolute Gasteiger partial charge is 0.700 e. The van der Waals surface area contributed by atoms with Crippen LogP contribution in [0.25, 0.3) is 20.9 Å². The summed E-state index contributed by atoms with van der Waals surface area (Å²) in [7, 11) is 0. The van der Waals surface area contributed by atoms with Crippen LogP contribution < -0.4 is 0 Å². The van der Waals surface area contributed by atoms with Gasteiger partial charge in [-0.3, -0.25) is 35.1 Å². The first-order chi connectivity index (χ1) is 11.1. The van der Waals surface area contributed by atoms with Crippen molar-refractivity contribution in [3.63, 3.8) is 0 Å². The van der Waals surface area contributed by atoms with Gasteiger partial charge in [-0.15, -0.1) is 0 Å². The lowest BCUT2D eigenvalue weighted by atomic mass is 10.2. The molecule has 17 heteroatoms. The Morgan fingerprint density at radius 3 is 1.88 bits per heavy atom. The number of hydrogen-bond acceptors (Lipinski definition) is 10. The summed E-state index contributed by atoms with van der Waals surface area (Å²) in [6.45, 7) is 1.15. The Kier molecular flexibility index (Phi) is 7.33. The molecule has 0 amide bonds. The van der Waals surface area contributed by atoms with Crippen molar-refractivity contribution in [3.05, 3.63) is 51.2 Å². The maximum Gasteiger partial charge on any atom is 0.700 e. The van der Waals surface area contributed by atoms with Crippen molar-refractivity contribution in [2.24, 2.45) is 10.2 Å². The van der Waals surface area contributed by atoms with Crippen molar-refractivity contribution >= 4 is 5.97 Å². The van der Waals surface area contributed by atoms with Crippen LogP contribution in [-0.2, 0) is 9.53 Å². The summed E-state index contributed by atoms with van der Waals surface area (Å²) < 4.78 is 4.62. The number of rotatable bonds is 10. The van der Waals surface area contributed by atoms with Gasteiger partial charge in [0.15, 0.2) is 27.4 Å². The first-order valence-corrected chi connectivity index (χ1v) is 5.84. The van der Waals surface area contributed by atoms with Crippen molar-refractivity contribution in [1.29, 1.82) is 0 Å². The summed E-state index contributed by atoms with van der Waals surface area (Å²) in [5.41, 5.74) is 16.5. The molecule has 1 atom stereocenters. The fraction of sp³-hybridized carbons (Fsp3) is 0.857. The summed E-state index contributed by atoms with van der Waals surface area (Å²) >= 11 is 0. The minimum Gasteiger partial charge on any atom is -0.462 e. The van der Waals surface area contributed by atoms with E-state index in [2.05, 4.69) is 24.8 Å². The van der Waals surface area contributed by atoms with Crippen LogP contribution in [0.5, 0.6) is 0 Å². The molecule has 0 saturated heterocycles. The summed E-state index contributed by atoms with van der Waals surface area (Å²) in [4.78, 5) is 43.0. The third kappa shape index (κ3) is 4.65. The first-order valence-electron chi connectivity index (χ1n) is 5.84. The molecule has 0 bridgehead atoms. The van der Waals surface area contributed by atoms with E-state index in [4.69, 9.17) is 11.1 Å². The van der Waals surface area contributed by atoms with E-state index in [1.54, 1.807) is 0 Å². The van der Waals surface area contributed by atoms with E-state index < -0.39 is 51.6 Å². The number of nitro groups is 3. The van der Waals surface area contributed by atoms with Gasteiger partial charge in [-0.2, -0.15) is 0 Å². The molecule has 0 spiro atoms. The second-order valence-corrected chi connectivity index (χ2v) is 4.06. The quantitative estimate of drug-likeness (QED) is 0.105. The lowest BCUT2D eigenvalue weighted by molar-refractivity contribution is -0.970. The van der Waals surface area contributed by atoms with Crippen molar-refractivity contribution in [3.8, 4) is 0 Å². The van der Waals surface area contributed by atoms with Crippen LogP contribution in [0.2, 0.25) is 0 Å². The predicted octanol–water partition coefficient (Wildman–Crippen LogP) is 1.13. The molecule has 0 radical (unpaired) electrons. The lowest BCUT2D eigenvalue weighted by Gasteiger charge is -2.16. The van der Waals surface area contributed by atoms with E-state index in [1.807, 2.05) is 0 Å². The molecular weight excluding hydrogens is 338 g/mol. The molecule has 0 aliphatic rings. The normalized spacial score (nSPS) is 12.7. The van der Waals surface area contributed by atoms with Gasteiger partial charge in [0.25, 0.3) is 0 Å². The Hall–Kier alpha value is -3.71. The van der Waals surface area contributed by atoms with Gasteiger partial charge >= 0.3 is 11.8 Å². The van der Waals surface area contributed by atoms with Crippen LogP contribution in [0.3, 0.4) is 0 Å². The summed E-state index contributed by atoms with van der Waals surface area (Å²) in [6.07, 6.45) is -5.21. The molecule has 0 fully saturated rings. The van der Waals surface area contributed by atoms with E-state index in [0.29, 0.717) is 0 Å². The van der Waals surface area contributed by atoms with Crippen LogP contribution >= 0.6 is 0 Å². The molecule has 0 aromatic rings. The van der Waals surface area contributed by atoms with Gasteiger partial charge < -0.3 is 4.74 Å². The molecule has 24 heavy (non-hydrogen) atoms. The molecular formula is C7H9N9O8. The van der Waals surface area contributed by atoms with Crippen LogP contribution in [-0.4, -0.2) is 38.8 Å². The van der Waals surface area contributed by atoms with Gasteiger partial charge in [-0.25, -0.2) is 0 Å². The topological polar surface area (TPSA) is 253 Å². The Morgan fingerprint density at radius 2 is 1.54 bits per heavy atom. The Morgan fingerprint density at radius 1 is 1.12 bits per heavy atom. The summed E-state index contributed by atoms with van der Waals surface area (Å²) in [5, 5.41) is 38.1.